The number of rotatable bonds is 3. The third kappa shape index (κ3) is 5.05. The molecule has 2 rings (SSSR count). The SMILES string of the molecule is O=C(O/C(=C/C(F)(F)F)c1ccc(F)cc1)c1ccccc1I. The second-order valence-corrected chi connectivity index (χ2v) is 5.59. The molecule has 0 aliphatic carbocycles. The molecule has 0 saturated heterocycles. The van der Waals surface area contributed by atoms with Gasteiger partial charge < -0.3 is 4.74 Å². The quantitative estimate of drug-likeness (QED) is 0.287. The predicted molar refractivity (Wildman–Crippen MR) is 85.0 cm³/mol. The normalized spacial score (nSPS) is 12.1. The Balaban J connectivity index is 2.36. The highest BCUT2D eigenvalue weighted by Crippen LogP contribution is 2.26. The largest absolute Gasteiger partial charge is 0.422 e. The lowest BCUT2D eigenvalue weighted by molar-refractivity contribution is -0.0802. The monoisotopic (exact) mass is 436 g/mol. The van der Waals surface area contributed by atoms with Crippen molar-refractivity contribution in [3.63, 3.8) is 0 Å². The summed E-state index contributed by atoms with van der Waals surface area (Å²) in [5.41, 5.74) is 0.0892. The number of hydrogen-bond donors (Lipinski definition) is 0. The Hall–Kier alpha value is -1.90. The van der Waals surface area contributed by atoms with Gasteiger partial charge in [-0.2, -0.15) is 13.2 Å². The maximum atomic E-state index is 12.9. The van der Waals surface area contributed by atoms with Crippen LogP contribution in [0, 0.1) is 9.39 Å². The Morgan fingerprint density at radius 3 is 2.22 bits per heavy atom. The Kier molecular flexibility index (Phi) is 5.40. The topological polar surface area (TPSA) is 26.3 Å². The third-order valence-electron chi connectivity index (χ3n) is 2.72. The number of ether oxygens (including phenoxy) is 1. The van der Waals surface area contributed by atoms with Crippen LogP contribution in [0.5, 0.6) is 0 Å². The lowest BCUT2D eigenvalue weighted by Crippen LogP contribution is -2.10. The zero-order valence-corrected chi connectivity index (χ0v) is 13.6. The molecular weight excluding hydrogens is 427 g/mol. The fraction of sp³-hybridized carbons (Fsp3) is 0.0625. The average Bonchev–Trinajstić information content (AvgIpc) is 2.46. The third-order valence-corrected chi connectivity index (χ3v) is 3.66. The Bertz CT molecular complexity index is 736. The molecule has 2 nitrogen and oxygen atoms in total. The van der Waals surface area contributed by atoms with Gasteiger partial charge >= 0.3 is 12.1 Å². The molecule has 7 heteroatoms. The van der Waals surface area contributed by atoms with Crippen molar-refractivity contribution < 1.29 is 27.1 Å². The summed E-state index contributed by atoms with van der Waals surface area (Å²) in [7, 11) is 0. The number of allylic oxidation sites excluding steroid dienone is 1. The molecule has 0 spiro atoms. The maximum Gasteiger partial charge on any atom is 0.413 e. The molecule has 2 aromatic carbocycles. The van der Waals surface area contributed by atoms with Crippen LogP contribution in [0.15, 0.2) is 54.6 Å². The Morgan fingerprint density at radius 2 is 1.65 bits per heavy atom. The van der Waals surface area contributed by atoms with Crippen LogP contribution in [0.4, 0.5) is 17.6 Å². The van der Waals surface area contributed by atoms with E-state index in [-0.39, 0.29) is 17.2 Å². The molecule has 120 valence electrons. The predicted octanol–water partition coefficient (Wildman–Crippen LogP) is 5.19. The van der Waals surface area contributed by atoms with Gasteiger partial charge in [-0.15, -0.1) is 0 Å². The van der Waals surface area contributed by atoms with E-state index in [1.54, 1.807) is 18.2 Å². The summed E-state index contributed by atoms with van der Waals surface area (Å²) in [4.78, 5) is 12.1. The molecule has 0 amide bonds. The van der Waals surface area contributed by atoms with Crippen molar-refractivity contribution in [1.29, 1.82) is 0 Å². The number of benzene rings is 2. The van der Waals surface area contributed by atoms with Crippen molar-refractivity contribution in [2.24, 2.45) is 0 Å². The van der Waals surface area contributed by atoms with Crippen LogP contribution in [0.3, 0.4) is 0 Å². The van der Waals surface area contributed by atoms with Crippen molar-refractivity contribution in [3.05, 3.63) is 75.1 Å². The van der Waals surface area contributed by atoms with Crippen LogP contribution < -0.4 is 0 Å². The molecule has 0 bridgehead atoms. The zero-order valence-electron chi connectivity index (χ0n) is 11.4. The Labute approximate surface area is 142 Å². The smallest absolute Gasteiger partial charge is 0.413 e. The van der Waals surface area contributed by atoms with Crippen molar-refractivity contribution in [2.45, 2.75) is 6.18 Å². The minimum absolute atomic E-state index is 0.0528. The van der Waals surface area contributed by atoms with Gasteiger partial charge in [0.2, 0.25) is 0 Å². The summed E-state index contributed by atoms with van der Waals surface area (Å²) in [6.07, 6.45) is -4.82. The van der Waals surface area contributed by atoms with E-state index < -0.39 is 23.7 Å². The first-order chi connectivity index (χ1) is 10.8. The van der Waals surface area contributed by atoms with Crippen LogP contribution in [-0.4, -0.2) is 12.1 Å². The summed E-state index contributed by atoms with van der Waals surface area (Å²) in [5, 5.41) is 0. The van der Waals surface area contributed by atoms with Gasteiger partial charge in [0, 0.05) is 9.13 Å². The summed E-state index contributed by atoms with van der Waals surface area (Å²) in [6, 6.07) is 10.5. The molecule has 2 aromatic rings. The zero-order chi connectivity index (χ0) is 17.0. The van der Waals surface area contributed by atoms with E-state index in [4.69, 9.17) is 4.74 Å². The summed E-state index contributed by atoms with van der Waals surface area (Å²) >= 11 is 1.88. The van der Waals surface area contributed by atoms with E-state index in [9.17, 15) is 22.4 Å². The van der Waals surface area contributed by atoms with Crippen LogP contribution in [0.2, 0.25) is 0 Å². The van der Waals surface area contributed by atoms with E-state index in [0.29, 0.717) is 3.57 Å². The van der Waals surface area contributed by atoms with Gasteiger partial charge in [-0.1, -0.05) is 12.1 Å². The number of halogens is 5. The first-order valence-corrected chi connectivity index (χ1v) is 7.36. The number of carbonyl (C=O) groups excluding carboxylic acids is 1. The molecule has 0 unspecified atom stereocenters. The van der Waals surface area contributed by atoms with Crippen molar-refractivity contribution >= 4 is 34.3 Å². The molecule has 0 aliphatic heterocycles. The first kappa shape index (κ1) is 17.5. The number of alkyl halides is 3. The van der Waals surface area contributed by atoms with E-state index in [0.717, 1.165) is 24.3 Å². The van der Waals surface area contributed by atoms with E-state index in [1.165, 1.54) is 6.07 Å². The molecule has 0 saturated carbocycles. The number of carbonyl (C=O) groups is 1. The summed E-state index contributed by atoms with van der Waals surface area (Å²) < 4.78 is 56.3. The van der Waals surface area contributed by atoms with Gasteiger partial charge in [-0.3, -0.25) is 0 Å². The van der Waals surface area contributed by atoms with E-state index >= 15 is 0 Å². The lowest BCUT2D eigenvalue weighted by atomic mass is 10.1. The minimum Gasteiger partial charge on any atom is -0.422 e. The van der Waals surface area contributed by atoms with Crippen molar-refractivity contribution in [1.82, 2.24) is 0 Å². The minimum atomic E-state index is -4.69. The molecule has 0 radical (unpaired) electrons. The number of hydrogen-bond acceptors (Lipinski definition) is 2. The second kappa shape index (κ2) is 7.12. The van der Waals surface area contributed by atoms with Gasteiger partial charge in [0.05, 0.1) is 11.6 Å². The van der Waals surface area contributed by atoms with Gasteiger partial charge in [-0.25, -0.2) is 9.18 Å². The molecular formula is C16H9F4IO2. The lowest BCUT2D eigenvalue weighted by Gasteiger charge is -2.11. The van der Waals surface area contributed by atoms with Crippen LogP contribution in [-0.2, 0) is 4.74 Å². The van der Waals surface area contributed by atoms with E-state index in [2.05, 4.69) is 0 Å². The molecule has 23 heavy (non-hydrogen) atoms. The average molecular weight is 436 g/mol. The first-order valence-electron chi connectivity index (χ1n) is 6.28. The standard InChI is InChI=1S/C16H9F4IO2/c17-11-7-5-10(6-8-11)14(9-16(18,19)20)23-15(22)12-3-1-2-4-13(12)21/h1-9H/b14-9+. The molecule has 0 N–H and O–H groups in total. The van der Waals surface area contributed by atoms with Crippen molar-refractivity contribution in [3.8, 4) is 0 Å². The Morgan fingerprint density at radius 1 is 1.04 bits per heavy atom. The molecule has 0 aromatic heterocycles. The molecule has 0 aliphatic rings. The summed E-state index contributed by atoms with van der Waals surface area (Å²) in [6.45, 7) is 0. The second-order valence-electron chi connectivity index (χ2n) is 4.43. The fourth-order valence-electron chi connectivity index (χ4n) is 1.72. The maximum absolute atomic E-state index is 12.9. The van der Waals surface area contributed by atoms with Crippen LogP contribution in [0.25, 0.3) is 5.76 Å². The highest BCUT2D eigenvalue weighted by atomic mass is 127. The molecule has 0 atom stereocenters. The van der Waals surface area contributed by atoms with Crippen LogP contribution >= 0.6 is 22.6 Å². The van der Waals surface area contributed by atoms with Crippen LogP contribution in [0.1, 0.15) is 15.9 Å². The van der Waals surface area contributed by atoms with Gasteiger partial charge in [0.25, 0.3) is 0 Å². The number of esters is 1. The van der Waals surface area contributed by atoms with Crippen molar-refractivity contribution in [2.75, 3.05) is 0 Å². The highest BCUT2D eigenvalue weighted by Gasteiger charge is 2.27. The van der Waals surface area contributed by atoms with E-state index in [1.807, 2.05) is 22.6 Å². The van der Waals surface area contributed by atoms with Gasteiger partial charge in [0.15, 0.2) is 0 Å². The molecule has 0 fully saturated rings. The van der Waals surface area contributed by atoms with Gasteiger partial charge in [0.1, 0.15) is 11.6 Å². The highest BCUT2D eigenvalue weighted by molar-refractivity contribution is 14.1. The molecule has 0 heterocycles. The summed E-state index contributed by atoms with van der Waals surface area (Å²) in [5.74, 6) is -2.22. The van der Waals surface area contributed by atoms with Gasteiger partial charge in [-0.05, 0) is 59.0 Å². The fourth-order valence-corrected chi connectivity index (χ4v) is 2.32.